The fourth-order valence-corrected chi connectivity index (χ4v) is 0.696. The van der Waals surface area contributed by atoms with E-state index in [9.17, 15) is 0 Å². The van der Waals surface area contributed by atoms with Crippen molar-refractivity contribution in [1.82, 2.24) is 4.98 Å². The highest BCUT2D eigenvalue weighted by molar-refractivity contribution is 5.45. The van der Waals surface area contributed by atoms with Crippen molar-refractivity contribution in [2.45, 2.75) is 6.42 Å². The first-order valence-corrected chi connectivity index (χ1v) is 2.96. The predicted molar refractivity (Wildman–Crippen MR) is 41.2 cm³/mol. The third-order valence-electron chi connectivity index (χ3n) is 1.23. The standard InChI is InChI=1S/C8H8N2/c1-2-3-7-6-10-5-4-8(7)9/h1,4-6H,3H2,(H2,9,10). The molecule has 2 N–H and O–H groups in total. The lowest BCUT2D eigenvalue weighted by molar-refractivity contribution is 1.22. The van der Waals surface area contributed by atoms with Crippen LogP contribution in [0.15, 0.2) is 18.5 Å². The second-order valence-electron chi connectivity index (χ2n) is 1.96. The van der Waals surface area contributed by atoms with E-state index < -0.39 is 0 Å². The number of hydrogen-bond acceptors (Lipinski definition) is 2. The number of pyridine rings is 1. The van der Waals surface area contributed by atoms with E-state index in [-0.39, 0.29) is 0 Å². The Kier molecular flexibility index (Phi) is 1.91. The van der Waals surface area contributed by atoms with Crippen LogP contribution in [0.4, 0.5) is 5.69 Å². The number of terminal acetylenes is 1. The van der Waals surface area contributed by atoms with Crippen LogP contribution in [0.1, 0.15) is 5.56 Å². The lowest BCUT2D eigenvalue weighted by Crippen LogP contribution is -1.93. The molecule has 0 radical (unpaired) electrons. The number of nitrogens with two attached hydrogens (primary N) is 1. The highest BCUT2D eigenvalue weighted by Gasteiger charge is 1.93. The Balaban J connectivity index is 2.94. The largest absolute Gasteiger partial charge is 0.398 e. The minimum atomic E-state index is 0.555. The zero-order valence-electron chi connectivity index (χ0n) is 5.54. The first kappa shape index (κ1) is 6.63. The van der Waals surface area contributed by atoms with Gasteiger partial charge in [-0.3, -0.25) is 4.98 Å². The Labute approximate surface area is 60.1 Å². The minimum Gasteiger partial charge on any atom is -0.398 e. The molecule has 0 aromatic carbocycles. The number of anilines is 1. The fourth-order valence-electron chi connectivity index (χ4n) is 0.696. The van der Waals surface area contributed by atoms with Gasteiger partial charge in [0.05, 0.1) is 0 Å². The monoisotopic (exact) mass is 132 g/mol. The van der Waals surface area contributed by atoms with Crippen LogP contribution in [-0.2, 0) is 6.42 Å². The molecule has 50 valence electrons. The maximum Gasteiger partial charge on any atom is 0.0387 e. The first-order valence-electron chi connectivity index (χ1n) is 2.96. The van der Waals surface area contributed by atoms with Gasteiger partial charge >= 0.3 is 0 Å². The topological polar surface area (TPSA) is 38.9 Å². The van der Waals surface area contributed by atoms with Gasteiger partial charge in [-0.25, -0.2) is 0 Å². The van der Waals surface area contributed by atoms with E-state index in [2.05, 4.69) is 10.9 Å². The van der Waals surface area contributed by atoms with Crippen LogP contribution in [0.5, 0.6) is 0 Å². The molecular formula is C8H8N2. The zero-order valence-corrected chi connectivity index (χ0v) is 5.54. The van der Waals surface area contributed by atoms with Crippen molar-refractivity contribution in [3.05, 3.63) is 24.0 Å². The normalized spacial score (nSPS) is 8.70. The Hall–Kier alpha value is -1.49. The van der Waals surface area contributed by atoms with Crippen LogP contribution in [0.2, 0.25) is 0 Å². The molecule has 1 rings (SSSR count). The van der Waals surface area contributed by atoms with Gasteiger partial charge in [-0.15, -0.1) is 12.3 Å². The summed E-state index contributed by atoms with van der Waals surface area (Å²) < 4.78 is 0. The molecule has 0 bridgehead atoms. The van der Waals surface area contributed by atoms with Gasteiger partial charge in [-0.1, -0.05) is 0 Å². The third kappa shape index (κ3) is 1.26. The van der Waals surface area contributed by atoms with Gasteiger partial charge in [0.1, 0.15) is 0 Å². The Morgan fingerprint density at radius 3 is 3.10 bits per heavy atom. The molecule has 2 heteroatoms. The molecule has 0 atom stereocenters. The van der Waals surface area contributed by atoms with E-state index in [4.69, 9.17) is 12.2 Å². The third-order valence-corrected chi connectivity index (χ3v) is 1.23. The summed E-state index contributed by atoms with van der Waals surface area (Å²) in [6.07, 6.45) is 8.99. The molecule has 0 unspecified atom stereocenters. The number of aromatic nitrogens is 1. The predicted octanol–water partition coefficient (Wildman–Crippen LogP) is 0.839. The molecule has 0 spiro atoms. The van der Waals surface area contributed by atoms with Crippen molar-refractivity contribution in [3.63, 3.8) is 0 Å². The summed E-state index contributed by atoms with van der Waals surface area (Å²) in [5, 5.41) is 0. The molecule has 0 aliphatic carbocycles. The average Bonchev–Trinajstić information content (AvgIpc) is 1.94. The second kappa shape index (κ2) is 2.88. The number of nitrogens with zero attached hydrogens (tertiary/aromatic N) is 1. The van der Waals surface area contributed by atoms with Crippen LogP contribution in [0.3, 0.4) is 0 Å². The van der Waals surface area contributed by atoms with Gasteiger partial charge in [0.25, 0.3) is 0 Å². The Bertz CT molecular complexity index is 260. The maximum atomic E-state index is 5.57. The summed E-state index contributed by atoms with van der Waals surface area (Å²) in [7, 11) is 0. The van der Waals surface area contributed by atoms with E-state index in [0.717, 1.165) is 5.56 Å². The zero-order chi connectivity index (χ0) is 7.40. The summed E-state index contributed by atoms with van der Waals surface area (Å²) >= 11 is 0. The molecule has 0 saturated heterocycles. The van der Waals surface area contributed by atoms with Crippen molar-refractivity contribution in [2.75, 3.05) is 5.73 Å². The molecule has 10 heavy (non-hydrogen) atoms. The average molecular weight is 132 g/mol. The number of hydrogen-bond donors (Lipinski definition) is 1. The van der Waals surface area contributed by atoms with Crippen molar-refractivity contribution < 1.29 is 0 Å². The maximum absolute atomic E-state index is 5.57. The van der Waals surface area contributed by atoms with Crippen molar-refractivity contribution >= 4 is 5.69 Å². The molecule has 0 fully saturated rings. The Morgan fingerprint density at radius 1 is 1.70 bits per heavy atom. The molecule has 0 amide bonds. The second-order valence-corrected chi connectivity index (χ2v) is 1.96. The number of rotatable bonds is 1. The van der Waals surface area contributed by atoms with E-state index in [0.29, 0.717) is 12.1 Å². The molecule has 0 aliphatic rings. The molecule has 1 aromatic rings. The van der Waals surface area contributed by atoms with E-state index in [1.807, 2.05) is 0 Å². The van der Waals surface area contributed by atoms with Gasteiger partial charge in [0, 0.05) is 30.1 Å². The summed E-state index contributed by atoms with van der Waals surface area (Å²) in [6.45, 7) is 0. The molecular weight excluding hydrogens is 124 g/mol. The van der Waals surface area contributed by atoms with Gasteiger partial charge in [0.15, 0.2) is 0 Å². The summed E-state index contributed by atoms with van der Waals surface area (Å²) in [5.74, 6) is 2.50. The SMILES string of the molecule is C#CCc1cnccc1N. The van der Waals surface area contributed by atoms with Crippen LogP contribution in [0.25, 0.3) is 0 Å². The quantitative estimate of drug-likeness (QED) is 0.575. The van der Waals surface area contributed by atoms with Crippen molar-refractivity contribution in [2.24, 2.45) is 0 Å². The van der Waals surface area contributed by atoms with Crippen molar-refractivity contribution in [3.8, 4) is 12.3 Å². The van der Waals surface area contributed by atoms with Crippen molar-refractivity contribution in [1.29, 1.82) is 0 Å². The highest BCUT2D eigenvalue weighted by Crippen LogP contribution is 2.07. The highest BCUT2D eigenvalue weighted by atomic mass is 14.7. The number of nitrogen functional groups attached to an aromatic ring is 1. The fraction of sp³-hybridized carbons (Fsp3) is 0.125. The summed E-state index contributed by atoms with van der Waals surface area (Å²) in [4.78, 5) is 3.89. The van der Waals surface area contributed by atoms with Crippen LogP contribution in [0, 0.1) is 12.3 Å². The smallest absolute Gasteiger partial charge is 0.0387 e. The van der Waals surface area contributed by atoms with Crippen LogP contribution < -0.4 is 5.73 Å². The molecule has 0 saturated carbocycles. The van der Waals surface area contributed by atoms with Gasteiger partial charge in [-0.2, -0.15) is 0 Å². The van der Waals surface area contributed by atoms with Gasteiger partial charge in [0.2, 0.25) is 0 Å². The molecule has 1 heterocycles. The minimum absolute atomic E-state index is 0.555. The van der Waals surface area contributed by atoms with E-state index >= 15 is 0 Å². The van der Waals surface area contributed by atoms with Gasteiger partial charge < -0.3 is 5.73 Å². The lowest BCUT2D eigenvalue weighted by atomic mass is 10.2. The van der Waals surface area contributed by atoms with Gasteiger partial charge in [-0.05, 0) is 6.07 Å². The van der Waals surface area contributed by atoms with Crippen LogP contribution in [-0.4, -0.2) is 4.98 Å². The molecule has 1 aromatic heterocycles. The van der Waals surface area contributed by atoms with Crippen LogP contribution >= 0.6 is 0 Å². The Morgan fingerprint density at radius 2 is 2.50 bits per heavy atom. The van der Waals surface area contributed by atoms with E-state index in [1.165, 1.54) is 0 Å². The van der Waals surface area contributed by atoms with E-state index in [1.54, 1.807) is 18.5 Å². The molecule has 2 nitrogen and oxygen atoms in total. The summed E-state index contributed by atoms with van der Waals surface area (Å²) in [5.41, 5.74) is 7.21. The summed E-state index contributed by atoms with van der Waals surface area (Å²) in [6, 6.07) is 1.74. The first-order chi connectivity index (χ1) is 4.84. The lowest BCUT2D eigenvalue weighted by Gasteiger charge is -1.97. The molecule has 0 aliphatic heterocycles.